The molecule has 0 unspecified atom stereocenters. The predicted molar refractivity (Wildman–Crippen MR) is 174 cm³/mol. The third kappa shape index (κ3) is 7.11. The van der Waals surface area contributed by atoms with Gasteiger partial charge in [0.1, 0.15) is 12.4 Å². The molecule has 3 amide bonds. The summed E-state index contributed by atoms with van der Waals surface area (Å²) in [5, 5.41) is 4.12. The molecular formula is C36H40N4O6. The van der Waals surface area contributed by atoms with Gasteiger partial charge in [0.15, 0.2) is 11.5 Å². The number of nitrogens with one attached hydrogen (secondary N) is 2. The second kappa shape index (κ2) is 14.4. The molecule has 46 heavy (non-hydrogen) atoms. The Hall–Kier alpha value is -4.99. The minimum absolute atomic E-state index is 0.00579. The first-order chi connectivity index (χ1) is 22.5. The number of H-pyrrole nitrogens is 1. The topological polar surface area (TPSA) is 113 Å². The Balaban J connectivity index is 1.15. The van der Waals surface area contributed by atoms with E-state index in [4.69, 9.17) is 14.2 Å². The molecule has 2 aliphatic rings. The molecule has 0 saturated carbocycles. The van der Waals surface area contributed by atoms with Crippen molar-refractivity contribution in [2.75, 3.05) is 53.0 Å². The number of para-hydroxylation sites is 2. The molecule has 3 aromatic carbocycles. The maximum atomic E-state index is 13.6. The van der Waals surface area contributed by atoms with E-state index < -0.39 is 5.92 Å². The molecule has 240 valence electrons. The van der Waals surface area contributed by atoms with Crippen LogP contribution in [0.1, 0.15) is 29.9 Å². The molecule has 2 aliphatic heterocycles. The van der Waals surface area contributed by atoms with Gasteiger partial charge in [-0.15, -0.1) is 0 Å². The number of hydrogen-bond acceptors (Lipinski definition) is 6. The molecule has 0 aliphatic carbocycles. The zero-order valence-electron chi connectivity index (χ0n) is 26.1. The second-order valence-electron chi connectivity index (χ2n) is 11.7. The number of hydrogen-bond donors (Lipinski definition) is 2. The van der Waals surface area contributed by atoms with Crippen molar-refractivity contribution in [1.82, 2.24) is 20.1 Å². The monoisotopic (exact) mass is 624 g/mol. The van der Waals surface area contributed by atoms with E-state index >= 15 is 0 Å². The van der Waals surface area contributed by atoms with Gasteiger partial charge in [-0.1, -0.05) is 42.5 Å². The van der Waals surface area contributed by atoms with Crippen LogP contribution in [0.25, 0.3) is 10.9 Å². The van der Waals surface area contributed by atoms with Gasteiger partial charge >= 0.3 is 0 Å². The van der Waals surface area contributed by atoms with E-state index in [2.05, 4.69) is 10.3 Å². The Bertz CT molecular complexity index is 1670. The lowest BCUT2D eigenvalue weighted by Gasteiger charge is -2.25. The number of carbonyl (C=O) groups excluding carboxylic acids is 3. The summed E-state index contributed by atoms with van der Waals surface area (Å²) in [5.74, 6) is 1.03. The van der Waals surface area contributed by atoms with Gasteiger partial charge in [-0.25, -0.2) is 0 Å². The summed E-state index contributed by atoms with van der Waals surface area (Å²) in [7, 11) is 1.58. The molecule has 0 radical (unpaired) electrons. The Kier molecular flexibility index (Phi) is 9.71. The van der Waals surface area contributed by atoms with Gasteiger partial charge in [0, 0.05) is 49.2 Å². The highest BCUT2D eigenvalue weighted by molar-refractivity contribution is 5.89. The number of aromatic amines is 1. The molecule has 2 N–H and O–H groups in total. The molecule has 10 heteroatoms. The minimum Gasteiger partial charge on any atom is -0.493 e. The van der Waals surface area contributed by atoms with E-state index in [0.717, 1.165) is 22.0 Å². The number of aromatic nitrogens is 1. The van der Waals surface area contributed by atoms with Gasteiger partial charge in [-0.05, 0) is 47.9 Å². The Morgan fingerprint density at radius 3 is 2.59 bits per heavy atom. The zero-order valence-corrected chi connectivity index (χ0v) is 26.1. The number of nitrogens with zero attached hydrogens (tertiary/aromatic N) is 2. The number of rotatable bonds is 7. The van der Waals surface area contributed by atoms with E-state index in [1.54, 1.807) is 16.9 Å². The van der Waals surface area contributed by atoms with Crippen molar-refractivity contribution in [3.8, 4) is 17.2 Å². The molecule has 3 heterocycles. The van der Waals surface area contributed by atoms with E-state index in [9.17, 15) is 14.4 Å². The van der Waals surface area contributed by atoms with Gasteiger partial charge in [0.2, 0.25) is 17.7 Å². The SMILES string of the molecule is COc1ccc2cc1OCCN(C(=O)Cc1c[nH]c3ccccc13)CCCNC(=O)[C@H]1CN(C(=O)CCOc3ccccc3)C[C@H]21. The molecule has 10 nitrogen and oxygen atoms in total. The first-order valence-corrected chi connectivity index (χ1v) is 15.9. The maximum Gasteiger partial charge on any atom is 0.227 e. The predicted octanol–water partition coefficient (Wildman–Crippen LogP) is 4.16. The van der Waals surface area contributed by atoms with Crippen LogP contribution in [0.15, 0.2) is 79.0 Å². The Morgan fingerprint density at radius 2 is 1.74 bits per heavy atom. The number of benzene rings is 3. The maximum absolute atomic E-state index is 13.6. The van der Waals surface area contributed by atoms with Gasteiger partial charge < -0.3 is 34.3 Å². The van der Waals surface area contributed by atoms with Crippen LogP contribution < -0.4 is 19.5 Å². The number of amides is 3. The quantitative estimate of drug-likeness (QED) is 0.320. The number of ether oxygens (including phenoxy) is 3. The van der Waals surface area contributed by atoms with E-state index in [1.807, 2.05) is 79.0 Å². The van der Waals surface area contributed by atoms with Crippen LogP contribution in [0.4, 0.5) is 0 Å². The summed E-state index contributed by atoms with van der Waals surface area (Å²) in [4.78, 5) is 47.1. The van der Waals surface area contributed by atoms with Crippen LogP contribution in [-0.4, -0.2) is 85.6 Å². The van der Waals surface area contributed by atoms with E-state index in [1.165, 1.54) is 0 Å². The third-order valence-electron chi connectivity index (χ3n) is 8.85. The van der Waals surface area contributed by atoms with Gasteiger partial charge in [-0.3, -0.25) is 14.4 Å². The third-order valence-corrected chi connectivity index (χ3v) is 8.85. The highest BCUT2D eigenvalue weighted by Crippen LogP contribution is 2.38. The van der Waals surface area contributed by atoms with E-state index in [0.29, 0.717) is 56.4 Å². The summed E-state index contributed by atoms with van der Waals surface area (Å²) in [6, 6.07) is 23.0. The fraction of sp³-hybridized carbons (Fsp3) is 0.361. The van der Waals surface area contributed by atoms with Crippen molar-refractivity contribution in [2.45, 2.75) is 25.2 Å². The van der Waals surface area contributed by atoms with Crippen LogP contribution in [-0.2, 0) is 20.8 Å². The second-order valence-corrected chi connectivity index (χ2v) is 11.7. The summed E-state index contributed by atoms with van der Waals surface area (Å²) < 4.78 is 17.6. The highest BCUT2D eigenvalue weighted by atomic mass is 16.5. The average Bonchev–Trinajstić information content (AvgIpc) is 3.71. The Morgan fingerprint density at radius 1 is 0.935 bits per heavy atom. The van der Waals surface area contributed by atoms with Crippen molar-refractivity contribution in [3.63, 3.8) is 0 Å². The van der Waals surface area contributed by atoms with E-state index in [-0.39, 0.29) is 49.7 Å². The van der Waals surface area contributed by atoms with Crippen LogP contribution in [0.3, 0.4) is 0 Å². The van der Waals surface area contributed by atoms with Crippen molar-refractivity contribution >= 4 is 28.6 Å². The molecule has 2 bridgehead atoms. The molecule has 6 rings (SSSR count). The molecule has 0 spiro atoms. The van der Waals surface area contributed by atoms with Crippen molar-refractivity contribution < 1.29 is 28.6 Å². The molecule has 1 saturated heterocycles. The fourth-order valence-electron chi connectivity index (χ4n) is 6.37. The molecule has 4 aromatic rings. The summed E-state index contributed by atoms with van der Waals surface area (Å²) in [6.45, 7) is 2.57. The largest absolute Gasteiger partial charge is 0.493 e. The lowest BCUT2D eigenvalue weighted by Crippen LogP contribution is -2.40. The number of carbonyl (C=O) groups is 3. The summed E-state index contributed by atoms with van der Waals surface area (Å²) in [5.41, 5.74) is 2.84. The van der Waals surface area contributed by atoms with Crippen molar-refractivity contribution in [2.24, 2.45) is 5.92 Å². The first kappa shape index (κ1) is 31.0. The number of fused-ring (bicyclic) bond motifs is 5. The van der Waals surface area contributed by atoms with Crippen LogP contribution in [0, 0.1) is 5.92 Å². The number of likely N-dealkylation sites (tertiary alicyclic amines) is 1. The fourth-order valence-corrected chi connectivity index (χ4v) is 6.37. The first-order valence-electron chi connectivity index (χ1n) is 15.9. The lowest BCUT2D eigenvalue weighted by molar-refractivity contribution is -0.131. The highest BCUT2D eigenvalue weighted by Gasteiger charge is 2.40. The van der Waals surface area contributed by atoms with Crippen LogP contribution >= 0.6 is 0 Å². The summed E-state index contributed by atoms with van der Waals surface area (Å²) >= 11 is 0. The van der Waals surface area contributed by atoms with Crippen molar-refractivity contribution in [1.29, 1.82) is 0 Å². The smallest absolute Gasteiger partial charge is 0.227 e. The minimum atomic E-state index is -0.428. The number of methoxy groups -OCH3 is 1. The molecule has 2 atom stereocenters. The van der Waals surface area contributed by atoms with Gasteiger partial charge in [0.05, 0.1) is 39.0 Å². The standard InChI is InChI=1S/C36H40N4O6/c1-44-32-13-12-25-20-33(32)46-19-17-39(35(42)21-26-22-38-31-11-6-5-10-28(26)31)16-7-15-37-36(43)30-24-40(23-29(25)30)34(41)14-18-45-27-8-3-2-4-9-27/h2-6,8-13,20,22,29-30,38H,7,14-19,21,23-24H2,1H3,(H,37,43)/t29-,30+/m1/s1. The average molecular weight is 625 g/mol. The molecule has 1 fully saturated rings. The van der Waals surface area contributed by atoms with Crippen LogP contribution in [0.5, 0.6) is 17.2 Å². The summed E-state index contributed by atoms with van der Waals surface area (Å²) in [6.07, 6.45) is 2.97. The zero-order chi connectivity index (χ0) is 31.9. The van der Waals surface area contributed by atoms with Crippen molar-refractivity contribution in [3.05, 3.63) is 90.1 Å². The van der Waals surface area contributed by atoms with Crippen LogP contribution in [0.2, 0.25) is 0 Å². The molecule has 1 aromatic heterocycles. The Labute approximate surface area is 268 Å². The van der Waals surface area contributed by atoms with Gasteiger partial charge in [0.25, 0.3) is 0 Å². The normalized spacial score (nSPS) is 18.7. The lowest BCUT2D eigenvalue weighted by atomic mass is 9.88. The molecular weight excluding hydrogens is 584 g/mol. The van der Waals surface area contributed by atoms with Gasteiger partial charge in [-0.2, -0.15) is 0 Å².